The van der Waals surface area contributed by atoms with Gasteiger partial charge in [0.2, 0.25) is 0 Å². The van der Waals surface area contributed by atoms with Gasteiger partial charge >= 0.3 is 0 Å². The molecule has 0 aliphatic carbocycles. The van der Waals surface area contributed by atoms with Gasteiger partial charge in [-0.15, -0.1) is 21.5 Å². The predicted octanol–water partition coefficient (Wildman–Crippen LogP) is 4.57. The van der Waals surface area contributed by atoms with E-state index in [2.05, 4.69) is 15.0 Å². The third kappa shape index (κ3) is 1.99. The Labute approximate surface area is 124 Å². The van der Waals surface area contributed by atoms with Gasteiger partial charge in [-0.1, -0.05) is 23.7 Å². The van der Waals surface area contributed by atoms with E-state index in [0.717, 1.165) is 15.6 Å². The minimum atomic E-state index is 0.399. The zero-order valence-corrected chi connectivity index (χ0v) is 12.0. The lowest BCUT2D eigenvalue weighted by molar-refractivity contribution is 0.416. The summed E-state index contributed by atoms with van der Waals surface area (Å²) in [4.78, 5) is 3.40. The van der Waals surface area contributed by atoms with Gasteiger partial charge in [-0.25, -0.2) is 4.85 Å². The Hall–Kier alpha value is -2.16. The molecule has 1 aromatic carbocycles. The fourth-order valence-electron chi connectivity index (χ4n) is 1.99. The topological polar surface area (TPSA) is 39.4 Å². The second kappa shape index (κ2) is 5.08. The van der Waals surface area contributed by atoms with Crippen LogP contribution in [0.2, 0.25) is 5.15 Å². The number of benzene rings is 1. The number of ether oxygens (including phenoxy) is 1. The molecule has 0 saturated carbocycles. The molecule has 4 nitrogen and oxygen atoms in total. The zero-order chi connectivity index (χ0) is 14.1. The highest BCUT2D eigenvalue weighted by atomic mass is 35.5. The van der Waals surface area contributed by atoms with Crippen molar-refractivity contribution in [2.45, 2.75) is 0 Å². The molecule has 0 atom stereocenters. The monoisotopic (exact) mass is 301 g/mol. The molecular weight excluding hydrogens is 294 g/mol. The van der Waals surface area contributed by atoms with E-state index in [1.54, 1.807) is 19.2 Å². The maximum absolute atomic E-state index is 7.05. The summed E-state index contributed by atoms with van der Waals surface area (Å²) in [6, 6.07) is 7.20. The Morgan fingerprint density at radius 3 is 2.90 bits per heavy atom. The van der Waals surface area contributed by atoms with Crippen LogP contribution in [0.15, 0.2) is 29.6 Å². The first-order chi connectivity index (χ1) is 9.74. The van der Waals surface area contributed by atoms with Crippen molar-refractivity contribution in [2.24, 2.45) is 0 Å². The lowest BCUT2D eigenvalue weighted by Gasteiger charge is -2.09. The molecule has 0 N–H and O–H groups in total. The van der Waals surface area contributed by atoms with Crippen molar-refractivity contribution >= 4 is 38.7 Å². The molecule has 0 aliphatic heterocycles. The largest absolute Gasteiger partial charge is 0.497 e. The lowest BCUT2D eigenvalue weighted by Crippen LogP contribution is -1.93. The van der Waals surface area contributed by atoms with E-state index in [1.165, 1.54) is 11.3 Å². The SMILES string of the molecule is [C-]#[N+]c1ccc(-c2nnc(Cl)c3sccc23)c(OC)c1. The molecule has 0 radical (unpaired) electrons. The molecule has 20 heavy (non-hydrogen) atoms. The van der Waals surface area contributed by atoms with Gasteiger partial charge in [-0.2, -0.15) is 0 Å². The van der Waals surface area contributed by atoms with Crippen LogP contribution in [0.4, 0.5) is 5.69 Å². The molecular formula is C14H8ClN3OS. The highest BCUT2D eigenvalue weighted by molar-refractivity contribution is 7.17. The molecule has 0 amide bonds. The Bertz CT molecular complexity index is 838. The molecule has 2 aromatic heterocycles. The fraction of sp³-hybridized carbons (Fsp3) is 0.0714. The van der Waals surface area contributed by atoms with Crippen LogP contribution >= 0.6 is 22.9 Å². The number of halogens is 1. The summed E-state index contributed by atoms with van der Waals surface area (Å²) in [6.45, 7) is 7.05. The first kappa shape index (κ1) is 12.9. The minimum Gasteiger partial charge on any atom is -0.497 e. The molecule has 0 aliphatic rings. The van der Waals surface area contributed by atoms with Crippen LogP contribution in [-0.4, -0.2) is 17.3 Å². The van der Waals surface area contributed by atoms with Gasteiger partial charge in [-0.3, -0.25) is 0 Å². The summed E-state index contributed by atoms with van der Waals surface area (Å²) in [7, 11) is 1.57. The first-order valence-corrected chi connectivity index (χ1v) is 6.95. The third-order valence-corrected chi connectivity index (χ3v) is 4.21. The fourth-order valence-corrected chi connectivity index (χ4v) is 3.04. The van der Waals surface area contributed by atoms with Crippen LogP contribution in [0.25, 0.3) is 26.2 Å². The molecule has 0 saturated heterocycles. The summed E-state index contributed by atoms with van der Waals surface area (Å²) in [5.41, 5.74) is 2.03. The van der Waals surface area contributed by atoms with Crippen molar-refractivity contribution in [3.05, 3.63) is 46.2 Å². The van der Waals surface area contributed by atoms with Crippen LogP contribution in [0.3, 0.4) is 0 Å². The standard InChI is InChI=1S/C14H8ClN3OS/c1-16-8-3-4-9(11(7-8)19-2)12-10-5-6-20-13(10)14(15)18-17-12/h3-7H,2H3. The van der Waals surface area contributed by atoms with Gasteiger partial charge in [0.25, 0.3) is 0 Å². The number of hydrogen-bond acceptors (Lipinski definition) is 4. The highest BCUT2D eigenvalue weighted by Crippen LogP contribution is 2.38. The first-order valence-electron chi connectivity index (χ1n) is 5.70. The van der Waals surface area contributed by atoms with Crippen LogP contribution in [0, 0.1) is 6.57 Å². The van der Waals surface area contributed by atoms with Crippen molar-refractivity contribution < 1.29 is 4.74 Å². The molecule has 6 heteroatoms. The van der Waals surface area contributed by atoms with E-state index in [4.69, 9.17) is 22.9 Å². The zero-order valence-electron chi connectivity index (χ0n) is 10.4. The number of aromatic nitrogens is 2. The lowest BCUT2D eigenvalue weighted by atomic mass is 10.1. The molecule has 3 rings (SSSR count). The van der Waals surface area contributed by atoms with Gasteiger partial charge in [-0.05, 0) is 17.5 Å². The molecule has 2 heterocycles. The van der Waals surface area contributed by atoms with Crippen molar-refractivity contribution in [2.75, 3.05) is 7.11 Å². The minimum absolute atomic E-state index is 0.399. The Balaban J connectivity index is 2.29. The van der Waals surface area contributed by atoms with Crippen molar-refractivity contribution in [3.63, 3.8) is 0 Å². The van der Waals surface area contributed by atoms with Gasteiger partial charge < -0.3 is 4.74 Å². The molecule has 0 unspecified atom stereocenters. The Morgan fingerprint density at radius 2 is 2.15 bits per heavy atom. The smallest absolute Gasteiger partial charge is 0.190 e. The van der Waals surface area contributed by atoms with E-state index in [-0.39, 0.29) is 0 Å². The molecule has 0 fully saturated rings. The highest BCUT2D eigenvalue weighted by Gasteiger charge is 2.15. The van der Waals surface area contributed by atoms with Crippen molar-refractivity contribution in [1.82, 2.24) is 10.2 Å². The summed E-state index contributed by atoms with van der Waals surface area (Å²) in [6.07, 6.45) is 0. The van der Waals surface area contributed by atoms with E-state index >= 15 is 0 Å². The second-order valence-electron chi connectivity index (χ2n) is 4.00. The van der Waals surface area contributed by atoms with Gasteiger partial charge in [0.05, 0.1) is 18.4 Å². The summed E-state index contributed by atoms with van der Waals surface area (Å²) >= 11 is 7.57. The van der Waals surface area contributed by atoms with Gasteiger partial charge in [0.1, 0.15) is 11.4 Å². The van der Waals surface area contributed by atoms with Crippen LogP contribution in [0.5, 0.6) is 5.75 Å². The van der Waals surface area contributed by atoms with Crippen molar-refractivity contribution in [1.29, 1.82) is 0 Å². The summed E-state index contributed by atoms with van der Waals surface area (Å²) < 4.78 is 6.25. The average molecular weight is 302 g/mol. The van der Waals surface area contributed by atoms with Crippen molar-refractivity contribution in [3.8, 4) is 17.0 Å². The average Bonchev–Trinajstić information content (AvgIpc) is 2.97. The predicted molar refractivity (Wildman–Crippen MR) is 80.7 cm³/mol. The Morgan fingerprint density at radius 1 is 1.30 bits per heavy atom. The van der Waals surface area contributed by atoms with Crippen LogP contribution in [0.1, 0.15) is 0 Å². The molecule has 0 bridgehead atoms. The Kier molecular flexibility index (Phi) is 3.26. The normalized spacial score (nSPS) is 10.4. The van der Waals surface area contributed by atoms with Gasteiger partial charge in [0.15, 0.2) is 10.8 Å². The molecule has 0 spiro atoms. The quantitative estimate of drug-likeness (QED) is 0.651. The van der Waals surface area contributed by atoms with E-state index in [9.17, 15) is 0 Å². The van der Waals surface area contributed by atoms with E-state index in [1.807, 2.05) is 17.5 Å². The number of nitrogens with zero attached hydrogens (tertiary/aromatic N) is 3. The number of rotatable bonds is 2. The van der Waals surface area contributed by atoms with E-state index in [0.29, 0.717) is 22.3 Å². The van der Waals surface area contributed by atoms with Gasteiger partial charge in [0, 0.05) is 10.9 Å². The summed E-state index contributed by atoms with van der Waals surface area (Å²) in [5.74, 6) is 0.600. The number of methoxy groups -OCH3 is 1. The number of fused-ring (bicyclic) bond motifs is 1. The van der Waals surface area contributed by atoms with E-state index < -0.39 is 0 Å². The molecule has 3 aromatic rings. The third-order valence-electron chi connectivity index (χ3n) is 2.91. The summed E-state index contributed by atoms with van der Waals surface area (Å²) in [5, 5.41) is 11.4. The number of hydrogen-bond donors (Lipinski definition) is 0. The maximum Gasteiger partial charge on any atom is 0.190 e. The van der Waals surface area contributed by atoms with Crippen LogP contribution < -0.4 is 4.74 Å². The maximum atomic E-state index is 7.05. The molecule has 98 valence electrons. The van der Waals surface area contributed by atoms with Crippen LogP contribution in [-0.2, 0) is 0 Å². The second-order valence-corrected chi connectivity index (χ2v) is 5.27. The number of thiophene rings is 1.